The van der Waals surface area contributed by atoms with E-state index in [0.717, 1.165) is 19.3 Å². The lowest BCUT2D eigenvalue weighted by atomic mass is 9.89. The topological polar surface area (TPSA) is 128 Å². The van der Waals surface area contributed by atoms with Crippen LogP contribution in [-0.4, -0.2) is 40.8 Å². The van der Waals surface area contributed by atoms with Gasteiger partial charge in [-0.05, 0) is 69.1 Å². The smallest absolute Gasteiger partial charge is 0.364 e. The molecule has 0 spiro atoms. The van der Waals surface area contributed by atoms with Crippen LogP contribution in [0.2, 0.25) is 0 Å². The highest BCUT2D eigenvalue weighted by molar-refractivity contribution is 5.83. The van der Waals surface area contributed by atoms with Gasteiger partial charge in [0, 0.05) is 25.3 Å². The number of benzene rings is 1. The second-order valence-corrected chi connectivity index (χ2v) is 12.0. The fourth-order valence-electron chi connectivity index (χ4n) is 4.63. The highest BCUT2D eigenvalue weighted by Gasteiger charge is 2.45. The lowest BCUT2D eigenvalue weighted by Gasteiger charge is -2.34. The lowest BCUT2D eigenvalue weighted by molar-refractivity contribution is -0.188. The van der Waals surface area contributed by atoms with E-state index in [0.29, 0.717) is 43.1 Å². The first-order valence-electron chi connectivity index (χ1n) is 14.6. The van der Waals surface area contributed by atoms with Crippen molar-refractivity contribution < 1.29 is 38.5 Å². The first-order chi connectivity index (χ1) is 18.8. The maximum atomic E-state index is 13.1. The average molecular weight is 562 g/mol. The summed E-state index contributed by atoms with van der Waals surface area (Å²) in [6, 6.07) is 4.24. The van der Waals surface area contributed by atoms with Crippen molar-refractivity contribution in [3.05, 3.63) is 23.8 Å². The van der Waals surface area contributed by atoms with E-state index >= 15 is 0 Å². The summed E-state index contributed by atoms with van der Waals surface area (Å²) in [6.45, 7) is 11.5. The van der Waals surface area contributed by atoms with Crippen LogP contribution in [0.15, 0.2) is 18.2 Å². The Balaban J connectivity index is 2.38. The standard InChI is InChI=1S/C31H47NO8/c1-20(2)12-16-27(33)38-25-15-14-23(18-26(25)39-28(34)17-13-21(3)4)19-31(30(36)37,32-22(5)6)40-29(35)24-10-8-7-9-11-24/h14-15,18,20-22,24,32H,7-13,16-17,19H2,1-6H3,(H,36,37)/t31-/m0/s1. The van der Waals surface area contributed by atoms with Crippen LogP contribution < -0.4 is 14.8 Å². The molecular formula is C31H47NO8. The molecule has 2 N–H and O–H groups in total. The monoisotopic (exact) mass is 561 g/mol. The normalized spacial score (nSPS) is 15.6. The predicted octanol–water partition coefficient (Wildman–Crippen LogP) is 5.81. The van der Waals surface area contributed by atoms with Gasteiger partial charge in [0.1, 0.15) is 0 Å². The van der Waals surface area contributed by atoms with Gasteiger partial charge in [-0.15, -0.1) is 0 Å². The number of carbonyl (C=O) groups is 4. The number of rotatable bonds is 15. The molecule has 0 saturated heterocycles. The summed E-state index contributed by atoms with van der Waals surface area (Å²) in [7, 11) is 0. The largest absolute Gasteiger partial charge is 0.477 e. The Morgan fingerprint density at radius 2 is 1.43 bits per heavy atom. The number of esters is 3. The third-order valence-electron chi connectivity index (χ3n) is 6.84. The first kappa shape index (κ1) is 33.3. The zero-order chi connectivity index (χ0) is 29.9. The summed E-state index contributed by atoms with van der Waals surface area (Å²) in [5.41, 5.74) is -1.60. The Bertz CT molecular complexity index is 1010. The molecule has 9 heteroatoms. The lowest BCUT2D eigenvalue weighted by Crippen LogP contribution is -2.59. The van der Waals surface area contributed by atoms with E-state index in [4.69, 9.17) is 14.2 Å². The van der Waals surface area contributed by atoms with Gasteiger partial charge in [0.05, 0.1) is 5.92 Å². The van der Waals surface area contributed by atoms with Crippen molar-refractivity contribution in [3.63, 3.8) is 0 Å². The molecule has 1 aromatic carbocycles. The average Bonchev–Trinajstić information content (AvgIpc) is 2.87. The van der Waals surface area contributed by atoms with Crippen molar-refractivity contribution in [3.8, 4) is 11.5 Å². The van der Waals surface area contributed by atoms with Gasteiger partial charge in [0.2, 0.25) is 0 Å². The van der Waals surface area contributed by atoms with Crippen LogP contribution in [0.1, 0.15) is 105 Å². The summed E-state index contributed by atoms with van der Waals surface area (Å²) in [4.78, 5) is 50.8. The molecule has 40 heavy (non-hydrogen) atoms. The molecule has 0 radical (unpaired) electrons. The molecular weight excluding hydrogens is 514 g/mol. The van der Waals surface area contributed by atoms with E-state index in [1.807, 2.05) is 27.7 Å². The highest BCUT2D eigenvalue weighted by Crippen LogP contribution is 2.33. The molecule has 0 bridgehead atoms. The van der Waals surface area contributed by atoms with Crippen LogP contribution in [0.3, 0.4) is 0 Å². The van der Waals surface area contributed by atoms with Crippen LogP contribution >= 0.6 is 0 Å². The van der Waals surface area contributed by atoms with E-state index in [2.05, 4.69) is 5.32 Å². The van der Waals surface area contributed by atoms with Crippen molar-refractivity contribution >= 4 is 23.9 Å². The molecule has 0 unspecified atom stereocenters. The van der Waals surface area contributed by atoms with Gasteiger partial charge in [-0.25, -0.2) is 4.79 Å². The molecule has 1 aliphatic rings. The molecule has 1 saturated carbocycles. The van der Waals surface area contributed by atoms with E-state index in [9.17, 15) is 24.3 Å². The summed E-state index contributed by atoms with van der Waals surface area (Å²) in [6.07, 6.45) is 5.62. The maximum absolute atomic E-state index is 13.1. The number of hydrogen-bond donors (Lipinski definition) is 2. The van der Waals surface area contributed by atoms with Crippen molar-refractivity contribution in [2.24, 2.45) is 17.8 Å². The molecule has 9 nitrogen and oxygen atoms in total. The van der Waals surface area contributed by atoms with Crippen molar-refractivity contribution in [2.45, 2.75) is 118 Å². The number of ether oxygens (including phenoxy) is 3. The van der Waals surface area contributed by atoms with Gasteiger partial charge in [-0.3, -0.25) is 19.7 Å². The summed E-state index contributed by atoms with van der Waals surface area (Å²) >= 11 is 0. The van der Waals surface area contributed by atoms with Gasteiger partial charge >= 0.3 is 23.9 Å². The SMILES string of the molecule is CC(C)CCC(=O)Oc1ccc(C[C@](NC(C)C)(OC(=O)C2CCCCC2)C(=O)O)cc1OC(=O)CCC(C)C. The zero-order valence-electron chi connectivity index (χ0n) is 24.9. The van der Waals surface area contributed by atoms with Gasteiger partial charge in [-0.2, -0.15) is 0 Å². The number of aliphatic carboxylic acids is 1. The number of nitrogens with one attached hydrogen (secondary N) is 1. The van der Waals surface area contributed by atoms with Gasteiger partial charge in [0.15, 0.2) is 11.5 Å². The summed E-state index contributed by atoms with van der Waals surface area (Å²) < 4.78 is 16.9. The van der Waals surface area contributed by atoms with Crippen molar-refractivity contribution in [1.29, 1.82) is 0 Å². The van der Waals surface area contributed by atoms with Gasteiger partial charge < -0.3 is 19.3 Å². The number of carboxylic acids is 1. The third kappa shape index (κ3) is 10.9. The van der Waals surface area contributed by atoms with Crippen molar-refractivity contribution in [1.82, 2.24) is 5.32 Å². The molecule has 224 valence electrons. The van der Waals surface area contributed by atoms with E-state index < -0.39 is 29.6 Å². The fourth-order valence-corrected chi connectivity index (χ4v) is 4.63. The highest BCUT2D eigenvalue weighted by atomic mass is 16.6. The number of hydrogen-bond acceptors (Lipinski definition) is 8. The van der Waals surface area contributed by atoms with E-state index in [-0.39, 0.29) is 42.7 Å². The molecule has 1 aliphatic carbocycles. The van der Waals surface area contributed by atoms with Gasteiger partial charge in [0.25, 0.3) is 5.72 Å². The molecule has 0 aliphatic heterocycles. The Morgan fingerprint density at radius 3 is 1.93 bits per heavy atom. The van der Waals surface area contributed by atoms with Gasteiger partial charge in [-0.1, -0.05) is 53.0 Å². The predicted molar refractivity (Wildman–Crippen MR) is 151 cm³/mol. The van der Waals surface area contributed by atoms with Crippen LogP contribution in [0.25, 0.3) is 0 Å². The Hall–Kier alpha value is -2.94. The van der Waals surface area contributed by atoms with Crippen LogP contribution in [-0.2, 0) is 30.3 Å². The third-order valence-corrected chi connectivity index (χ3v) is 6.84. The summed E-state index contributed by atoms with van der Waals surface area (Å²) in [5.74, 6) is -2.44. The fraction of sp³-hybridized carbons (Fsp3) is 0.677. The minimum absolute atomic E-state index is 0.0200. The molecule has 2 rings (SSSR count). The summed E-state index contributed by atoms with van der Waals surface area (Å²) in [5, 5.41) is 13.2. The molecule has 1 aromatic rings. The number of carboxylic acid groups (broad SMARTS) is 1. The van der Waals surface area contributed by atoms with Crippen molar-refractivity contribution in [2.75, 3.05) is 0 Å². The van der Waals surface area contributed by atoms with Crippen LogP contribution in [0, 0.1) is 17.8 Å². The Morgan fingerprint density at radius 1 is 0.875 bits per heavy atom. The minimum Gasteiger partial charge on any atom is -0.477 e. The second-order valence-electron chi connectivity index (χ2n) is 12.0. The van der Waals surface area contributed by atoms with E-state index in [1.54, 1.807) is 19.9 Å². The Kier molecular flexibility index (Phi) is 13.1. The molecule has 0 aromatic heterocycles. The molecule has 0 amide bonds. The minimum atomic E-state index is -2.03. The second kappa shape index (κ2) is 15.7. The number of carbonyl (C=O) groups excluding carboxylic acids is 3. The molecule has 0 heterocycles. The molecule has 1 atom stereocenters. The molecule has 1 fully saturated rings. The van der Waals surface area contributed by atoms with E-state index in [1.165, 1.54) is 12.1 Å². The van der Waals surface area contributed by atoms with Crippen LogP contribution in [0.4, 0.5) is 0 Å². The quantitative estimate of drug-likeness (QED) is 0.155. The first-order valence-corrected chi connectivity index (χ1v) is 14.6. The maximum Gasteiger partial charge on any atom is 0.364 e. The van der Waals surface area contributed by atoms with Crippen LogP contribution in [0.5, 0.6) is 11.5 Å². The zero-order valence-corrected chi connectivity index (χ0v) is 24.9. The Labute approximate surface area is 238 Å².